The van der Waals surface area contributed by atoms with E-state index in [9.17, 15) is 14.4 Å². The minimum absolute atomic E-state index is 0.00375. The summed E-state index contributed by atoms with van der Waals surface area (Å²) in [6.07, 6.45) is 11.5. The van der Waals surface area contributed by atoms with E-state index in [4.69, 9.17) is 32.5 Å². The van der Waals surface area contributed by atoms with Gasteiger partial charge in [0.2, 0.25) is 0 Å². The van der Waals surface area contributed by atoms with Crippen LogP contribution in [0.5, 0.6) is 11.5 Å². The summed E-state index contributed by atoms with van der Waals surface area (Å²) in [7, 11) is 0. The van der Waals surface area contributed by atoms with Crippen LogP contribution in [-0.4, -0.2) is 115 Å². The molecule has 0 bridgehead atoms. The first-order chi connectivity index (χ1) is 27.1. The predicted molar refractivity (Wildman–Crippen MR) is 229 cm³/mol. The predicted octanol–water partition coefficient (Wildman–Crippen LogP) is 4.77. The summed E-state index contributed by atoms with van der Waals surface area (Å²) in [5, 5.41) is 8.88. The smallest absolute Gasteiger partial charge is 0.274 e. The Bertz CT molecular complexity index is 1610. The number of likely N-dealkylation sites (tertiary alicyclic amines) is 1. The molecule has 0 radical (unpaired) electrons. The number of carbonyl (C=O) groups excluding carboxylic acids is 3. The van der Waals surface area contributed by atoms with Gasteiger partial charge in [0.1, 0.15) is 11.5 Å². The molecule has 7 N–H and O–H groups in total. The first kappa shape index (κ1) is 44.8. The van der Waals surface area contributed by atoms with E-state index in [1.807, 2.05) is 24.3 Å². The summed E-state index contributed by atoms with van der Waals surface area (Å²) >= 11 is 9.60. The number of carbonyl (C=O) groups is 3. The van der Waals surface area contributed by atoms with Gasteiger partial charge in [0, 0.05) is 25.9 Å². The molecule has 1 aliphatic rings. The van der Waals surface area contributed by atoms with Gasteiger partial charge in [-0.25, -0.2) is 9.97 Å². The molecule has 1 atom stereocenters. The van der Waals surface area contributed by atoms with Crippen molar-refractivity contribution in [1.29, 1.82) is 0 Å². The summed E-state index contributed by atoms with van der Waals surface area (Å²) in [5.74, 6) is 2.65. The Labute approximate surface area is 344 Å². The molecule has 1 aliphatic heterocycles. The molecule has 0 aliphatic carbocycles. The molecule has 56 heavy (non-hydrogen) atoms. The number of quaternary nitrogens is 1. The van der Waals surface area contributed by atoms with Crippen molar-refractivity contribution in [2.24, 2.45) is 0 Å². The second kappa shape index (κ2) is 24.0. The molecule has 1 unspecified atom stereocenters. The Morgan fingerprint density at radius 3 is 1.80 bits per heavy atom. The van der Waals surface area contributed by atoms with Crippen molar-refractivity contribution in [3.05, 3.63) is 70.5 Å². The van der Waals surface area contributed by atoms with Gasteiger partial charge >= 0.3 is 0 Å². The highest BCUT2D eigenvalue weighted by molar-refractivity contribution is 7.98. The Morgan fingerprint density at radius 1 is 0.786 bits per heavy atom. The number of nitrogen functional groups attached to an aromatic ring is 2. The fraction of sp³-hybridized carbons (Fsp3) is 0.525. The fourth-order valence-corrected chi connectivity index (χ4v) is 7.84. The first-order valence-corrected chi connectivity index (χ1v) is 22.5. The first-order valence-electron chi connectivity index (χ1n) is 19.3. The Hall–Kier alpha value is -3.92. The van der Waals surface area contributed by atoms with Gasteiger partial charge in [-0.2, -0.15) is 23.5 Å². The number of amides is 3. The van der Waals surface area contributed by atoms with Crippen LogP contribution in [0.15, 0.2) is 48.5 Å². The van der Waals surface area contributed by atoms with Gasteiger partial charge in [-0.3, -0.25) is 14.4 Å². The molecule has 306 valence electrons. The monoisotopic (exact) mass is 829 g/mol. The van der Waals surface area contributed by atoms with E-state index < -0.39 is 5.91 Å². The van der Waals surface area contributed by atoms with Crippen molar-refractivity contribution in [3.63, 3.8) is 0 Å². The lowest BCUT2D eigenvalue weighted by Crippen LogP contribution is -2.60. The molecule has 1 saturated heterocycles. The second-order valence-corrected chi connectivity index (χ2v) is 16.4. The normalized spacial score (nSPS) is 14.8. The van der Waals surface area contributed by atoms with Gasteiger partial charge in [0.25, 0.3) is 17.7 Å². The molecule has 2 aromatic carbocycles. The maximum Gasteiger partial charge on any atom is 0.274 e. The van der Waals surface area contributed by atoms with Crippen LogP contribution in [0, 0.1) is 0 Å². The largest absolute Gasteiger partial charge is 0.484 e. The van der Waals surface area contributed by atoms with Crippen molar-refractivity contribution < 1.29 is 28.3 Å². The maximum atomic E-state index is 13.3. The summed E-state index contributed by atoms with van der Waals surface area (Å²) < 4.78 is 12.3. The third-order valence-electron chi connectivity index (χ3n) is 9.73. The van der Waals surface area contributed by atoms with Crippen LogP contribution in [0.2, 0.25) is 5.15 Å². The lowest BCUT2D eigenvalue weighted by molar-refractivity contribution is -0.933. The molecular formula is C40H58ClN8O5S2+. The lowest BCUT2D eigenvalue weighted by Gasteiger charge is -2.45. The quantitative estimate of drug-likeness (QED) is 0.0620. The highest BCUT2D eigenvalue weighted by atomic mass is 35.5. The van der Waals surface area contributed by atoms with Gasteiger partial charge in [-0.05, 0) is 97.9 Å². The van der Waals surface area contributed by atoms with E-state index in [0.29, 0.717) is 24.6 Å². The molecule has 16 heteroatoms. The topological polar surface area (TPSA) is 184 Å². The number of aryl methyl sites for hydroxylation is 2. The van der Waals surface area contributed by atoms with Crippen LogP contribution >= 0.6 is 35.1 Å². The summed E-state index contributed by atoms with van der Waals surface area (Å²) in [5.41, 5.74) is 14.1. The average molecular weight is 831 g/mol. The Morgan fingerprint density at radius 2 is 1.30 bits per heavy atom. The number of thioether (sulfide) groups is 2. The minimum Gasteiger partial charge on any atom is -0.484 e. The van der Waals surface area contributed by atoms with E-state index in [0.717, 1.165) is 93.5 Å². The highest BCUT2D eigenvalue weighted by Gasteiger charge is 2.35. The zero-order chi connectivity index (χ0) is 40.2. The number of aromatic nitrogens is 2. The number of anilines is 2. The third-order valence-corrected chi connectivity index (χ3v) is 11.4. The molecular weight excluding hydrogens is 772 g/mol. The number of benzene rings is 2. The molecule has 0 spiro atoms. The van der Waals surface area contributed by atoms with Gasteiger partial charge in [-0.1, -0.05) is 35.9 Å². The summed E-state index contributed by atoms with van der Waals surface area (Å²) in [6, 6.07) is 15.8. The lowest BCUT2D eigenvalue weighted by atomic mass is 9.99. The van der Waals surface area contributed by atoms with Crippen molar-refractivity contribution in [2.45, 2.75) is 57.4 Å². The number of nitrogens with two attached hydrogens (primary N) is 2. The van der Waals surface area contributed by atoms with Gasteiger partial charge < -0.3 is 41.4 Å². The number of hydrogen-bond donors (Lipinski definition) is 5. The van der Waals surface area contributed by atoms with Crippen LogP contribution < -0.4 is 36.9 Å². The van der Waals surface area contributed by atoms with E-state index in [1.165, 1.54) is 11.1 Å². The van der Waals surface area contributed by atoms with E-state index in [2.05, 4.69) is 62.7 Å². The molecule has 4 rings (SSSR count). The molecule has 3 aromatic rings. The third kappa shape index (κ3) is 15.5. The molecule has 1 aromatic heterocycles. The molecule has 3 amide bonds. The molecule has 2 heterocycles. The summed E-state index contributed by atoms with van der Waals surface area (Å²) in [6.45, 7) is 4.98. The van der Waals surface area contributed by atoms with Crippen molar-refractivity contribution in [2.75, 3.05) is 88.0 Å². The number of hydrogen-bond acceptors (Lipinski definition) is 11. The van der Waals surface area contributed by atoms with Gasteiger partial charge in [0.15, 0.2) is 35.7 Å². The highest BCUT2D eigenvalue weighted by Crippen LogP contribution is 2.25. The number of ether oxygens (including phenoxy) is 2. The number of piperidine rings is 1. The fourth-order valence-electron chi connectivity index (χ4n) is 6.85. The minimum atomic E-state index is -0.410. The van der Waals surface area contributed by atoms with Crippen molar-refractivity contribution >= 4 is 64.5 Å². The number of nitrogens with zero attached hydrogens (tertiary/aromatic N) is 3. The van der Waals surface area contributed by atoms with Crippen LogP contribution in [0.4, 0.5) is 11.6 Å². The van der Waals surface area contributed by atoms with Gasteiger partial charge in [-0.15, -0.1) is 0 Å². The van der Waals surface area contributed by atoms with Crippen molar-refractivity contribution in [3.8, 4) is 11.5 Å². The van der Waals surface area contributed by atoms with E-state index in [-0.39, 0.29) is 53.6 Å². The Kier molecular flexibility index (Phi) is 19.2. The maximum absolute atomic E-state index is 13.3. The SMILES string of the molecule is CSCCCNC(=O)COc1ccc(CCC[N+]2(CCCc3ccc(OCC(=O)NCCCSC)cc3)CCCC(NC(=O)c3nc(Cl)c(N)nc3N)C2)cc1. The van der Waals surface area contributed by atoms with Crippen LogP contribution in [-0.2, 0) is 22.4 Å². The Balaban J connectivity index is 1.33. The average Bonchev–Trinajstić information content (AvgIpc) is 3.19. The molecule has 13 nitrogen and oxygen atoms in total. The molecule has 0 saturated carbocycles. The number of rotatable bonds is 24. The van der Waals surface area contributed by atoms with E-state index in [1.54, 1.807) is 23.5 Å². The van der Waals surface area contributed by atoms with Crippen LogP contribution in [0.1, 0.15) is 60.1 Å². The van der Waals surface area contributed by atoms with Gasteiger partial charge in [0.05, 0.1) is 32.2 Å². The van der Waals surface area contributed by atoms with Crippen LogP contribution in [0.3, 0.4) is 0 Å². The zero-order valence-corrected chi connectivity index (χ0v) is 35.0. The zero-order valence-electron chi connectivity index (χ0n) is 32.7. The van der Waals surface area contributed by atoms with Crippen molar-refractivity contribution in [1.82, 2.24) is 25.9 Å². The number of halogens is 1. The number of nitrogens with one attached hydrogen (secondary N) is 3. The van der Waals surface area contributed by atoms with E-state index >= 15 is 0 Å². The second-order valence-electron chi connectivity index (χ2n) is 14.1. The molecule has 1 fully saturated rings. The van der Waals surface area contributed by atoms with Crippen LogP contribution in [0.25, 0.3) is 0 Å². The summed E-state index contributed by atoms with van der Waals surface area (Å²) in [4.78, 5) is 45.6. The standard InChI is InChI=1S/C40H57ClN8O5S2/c1-55-24-6-19-44-34(50)27-53-32-15-11-29(12-16-32)8-3-21-49(23-5-10-31(26-49)46-40(52)36-38(42)48-39(43)37(41)47-36)22-4-9-30-13-17-33(18-14-30)54-28-35(51)45-20-7-25-56-2/h11-18,31H,3-10,19-28H2,1-2H3,(H6-,42,43,44,45,46,48,50,51,52)/p+1.